The summed E-state index contributed by atoms with van der Waals surface area (Å²) in [4.78, 5) is 30.6. The van der Waals surface area contributed by atoms with Crippen LogP contribution in [0.4, 0.5) is 10.1 Å². The molecule has 0 aliphatic carbocycles. The summed E-state index contributed by atoms with van der Waals surface area (Å²) < 4.78 is 15.0. The lowest BCUT2D eigenvalue weighted by atomic mass is 10.2. The Kier molecular flexibility index (Phi) is 4.91. The molecule has 8 heteroatoms. The molecule has 1 N–H and O–H groups in total. The van der Waals surface area contributed by atoms with Crippen LogP contribution < -0.4 is 10.9 Å². The maximum Gasteiger partial charge on any atom is 0.262 e. The number of fused-ring (bicyclic) bond motifs is 1. The lowest BCUT2D eigenvalue weighted by Gasteiger charge is -2.08. The van der Waals surface area contributed by atoms with E-state index in [1.54, 1.807) is 26.1 Å². The van der Waals surface area contributed by atoms with Crippen molar-refractivity contribution in [3.63, 3.8) is 0 Å². The first kappa shape index (κ1) is 17.6. The Hall–Kier alpha value is -2.19. The third-order valence-electron chi connectivity index (χ3n) is 3.64. The number of nitrogens with zero attached hydrogens (tertiary/aromatic N) is 2. The number of benzene rings is 1. The van der Waals surface area contributed by atoms with Gasteiger partial charge in [-0.05, 0) is 37.6 Å². The van der Waals surface area contributed by atoms with Crippen LogP contribution in [0.3, 0.4) is 0 Å². The van der Waals surface area contributed by atoms with Crippen LogP contribution in [0.1, 0.15) is 10.4 Å². The van der Waals surface area contributed by atoms with Crippen molar-refractivity contribution >= 4 is 44.9 Å². The molecule has 0 spiro atoms. The molecule has 130 valence electrons. The van der Waals surface area contributed by atoms with Gasteiger partial charge in [0.15, 0.2) is 5.16 Å². The van der Waals surface area contributed by atoms with Crippen LogP contribution in [0, 0.1) is 19.7 Å². The zero-order valence-electron chi connectivity index (χ0n) is 13.9. The van der Waals surface area contributed by atoms with Gasteiger partial charge in [0.2, 0.25) is 5.91 Å². The summed E-state index contributed by atoms with van der Waals surface area (Å²) in [5.74, 6) is -0.580. The highest BCUT2D eigenvalue weighted by Crippen LogP contribution is 2.23. The highest BCUT2D eigenvalue weighted by molar-refractivity contribution is 7.99. The van der Waals surface area contributed by atoms with Crippen LogP contribution in [0.2, 0.25) is 0 Å². The molecule has 2 heterocycles. The van der Waals surface area contributed by atoms with E-state index in [0.717, 1.165) is 4.88 Å². The van der Waals surface area contributed by atoms with Crippen molar-refractivity contribution in [3.8, 4) is 0 Å². The molecule has 1 aromatic carbocycles. The molecule has 0 bridgehead atoms. The summed E-state index contributed by atoms with van der Waals surface area (Å²) in [6.07, 6.45) is 0. The molecule has 1 amide bonds. The number of halogens is 1. The second kappa shape index (κ2) is 6.97. The van der Waals surface area contributed by atoms with Crippen molar-refractivity contribution in [2.75, 3.05) is 11.1 Å². The molecule has 0 saturated carbocycles. The molecular formula is C17H16FN3O2S2. The van der Waals surface area contributed by atoms with Crippen molar-refractivity contribution < 1.29 is 9.18 Å². The van der Waals surface area contributed by atoms with Crippen LogP contribution in [0.15, 0.2) is 34.2 Å². The van der Waals surface area contributed by atoms with E-state index < -0.39 is 0 Å². The number of aryl methyl sites for hydroxylation is 2. The van der Waals surface area contributed by atoms with E-state index in [2.05, 4.69) is 10.3 Å². The Labute approximate surface area is 151 Å². The molecule has 0 atom stereocenters. The van der Waals surface area contributed by atoms with Gasteiger partial charge in [-0.25, -0.2) is 9.37 Å². The third-order valence-corrected chi connectivity index (χ3v) is 5.62. The lowest BCUT2D eigenvalue weighted by molar-refractivity contribution is -0.113. The number of rotatable bonds is 4. The van der Waals surface area contributed by atoms with Crippen LogP contribution in [-0.2, 0) is 11.8 Å². The van der Waals surface area contributed by atoms with E-state index in [1.807, 2.05) is 13.0 Å². The van der Waals surface area contributed by atoms with Gasteiger partial charge in [-0.3, -0.25) is 14.2 Å². The maximum atomic E-state index is 13.5. The number of thiophene rings is 1. The Morgan fingerprint density at radius 3 is 2.84 bits per heavy atom. The highest BCUT2D eigenvalue weighted by atomic mass is 32.2. The fourth-order valence-electron chi connectivity index (χ4n) is 2.29. The fourth-order valence-corrected chi connectivity index (χ4v) is 3.99. The molecule has 0 aliphatic heterocycles. The minimum atomic E-state index is -0.368. The number of carbonyl (C=O) groups is 1. The summed E-state index contributed by atoms with van der Waals surface area (Å²) in [6, 6.07) is 6.36. The number of aromatic nitrogens is 2. The predicted octanol–water partition coefficient (Wildman–Crippen LogP) is 3.48. The second-order valence-electron chi connectivity index (χ2n) is 5.64. The van der Waals surface area contributed by atoms with E-state index in [1.165, 1.54) is 33.7 Å². The van der Waals surface area contributed by atoms with Crippen LogP contribution in [-0.4, -0.2) is 21.2 Å². The number of anilines is 1. The van der Waals surface area contributed by atoms with Gasteiger partial charge in [-0.15, -0.1) is 11.3 Å². The Morgan fingerprint density at radius 1 is 1.36 bits per heavy atom. The molecule has 3 aromatic rings. The van der Waals surface area contributed by atoms with Crippen molar-refractivity contribution in [3.05, 3.63) is 50.9 Å². The fraction of sp³-hybridized carbons (Fsp3) is 0.235. The molecule has 0 radical (unpaired) electrons. The Morgan fingerprint density at radius 2 is 2.12 bits per heavy atom. The maximum absolute atomic E-state index is 13.5. The smallest absolute Gasteiger partial charge is 0.262 e. The molecule has 2 aromatic heterocycles. The van der Waals surface area contributed by atoms with Crippen molar-refractivity contribution in [2.24, 2.45) is 7.05 Å². The Balaban J connectivity index is 1.73. The van der Waals surface area contributed by atoms with Gasteiger partial charge >= 0.3 is 0 Å². The van der Waals surface area contributed by atoms with Gasteiger partial charge in [-0.1, -0.05) is 17.8 Å². The Bertz CT molecular complexity index is 1030. The van der Waals surface area contributed by atoms with Gasteiger partial charge in [-0.2, -0.15) is 0 Å². The quantitative estimate of drug-likeness (QED) is 0.558. The van der Waals surface area contributed by atoms with Crippen molar-refractivity contribution in [2.45, 2.75) is 19.0 Å². The SMILES string of the molecule is Cc1cc2c(=O)n(C)c(SCC(=O)Nc3ccc(C)c(F)c3)nc2s1. The summed E-state index contributed by atoms with van der Waals surface area (Å²) in [5.41, 5.74) is 0.795. The van der Waals surface area contributed by atoms with Crippen molar-refractivity contribution in [1.82, 2.24) is 9.55 Å². The van der Waals surface area contributed by atoms with Gasteiger partial charge < -0.3 is 5.32 Å². The normalized spacial score (nSPS) is 11.0. The van der Waals surface area contributed by atoms with E-state index in [-0.39, 0.29) is 23.0 Å². The lowest BCUT2D eigenvalue weighted by Crippen LogP contribution is -2.20. The number of thioether (sulfide) groups is 1. The molecular weight excluding hydrogens is 361 g/mol. The number of carbonyl (C=O) groups excluding carboxylic acids is 1. The third kappa shape index (κ3) is 3.74. The molecule has 0 aliphatic rings. The molecule has 3 rings (SSSR count). The predicted molar refractivity (Wildman–Crippen MR) is 100 cm³/mol. The summed E-state index contributed by atoms with van der Waals surface area (Å²) in [5, 5.41) is 3.71. The highest BCUT2D eigenvalue weighted by Gasteiger charge is 2.13. The van der Waals surface area contributed by atoms with Crippen LogP contribution >= 0.6 is 23.1 Å². The number of hydrogen-bond acceptors (Lipinski definition) is 5. The molecule has 0 unspecified atom stereocenters. The van der Waals surface area contributed by atoms with Crippen LogP contribution in [0.5, 0.6) is 0 Å². The molecule has 0 fully saturated rings. The molecule has 25 heavy (non-hydrogen) atoms. The van der Waals surface area contributed by atoms with E-state index in [4.69, 9.17) is 0 Å². The number of amides is 1. The zero-order valence-corrected chi connectivity index (χ0v) is 15.6. The first-order valence-electron chi connectivity index (χ1n) is 7.51. The van der Waals surface area contributed by atoms with E-state index in [9.17, 15) is 14.0 Å². The summed E-state index contributed by atoms with van der Waals surface area (Å²) >= 11 is 2.62. The minimum absolute atomic E-state index is 0.0750. The topological polar surface area (TPSA) is 64.0 Å². The monoisotopic (exact) mass is 377 g/mol. The standard InChI is InChI=1S/C17H16FN3O2S2/c1-9-4-5-11(7-13(9)18)19-14(22)8-24-17-20-15-12(6-10(2)25-15)16(23)21(17)3/h4-7H,8H2,1-3H3,(H,19,22). The van der Waals surface area contributed by atoms with Crippen molar-refractivity contribution in [1.29, 1.82) is 0 Å². The molecule has 0 saturated heterocycles. The van der Waals surface area contributed by atoms with E-state index >= 15 is 0 Å². The first-order valence-corrected chi connectivity index (χ1v) is 9.31. The molecule has 5 nitrogen and oxygen atoms in total. The second-order valence-corrected chi connectivity index (χ2v) is 7.81. The average molecular weight is 377 g/mol. The average Bonchev–Trinajstić information content (AvgIpc) is 2.94. The van der Waals surface area contributed by atoms with Gasteiger partial charge in [0.1, 0.15) is 10.6 Å². The van der Waals surface area contributed by atoms with Crippen LogP contribution in [0.25, 0.3) is 10.2 Å². The van der Waals surface area contributed by atoms with Gasteiger partial charge in [0.25, 0.3) is 5.56 Å². The first-order chi connectivity index (χ1) is 11.8. The zero-order chi connectivity index (χ0) is 18.1. The number of hydrogen-bond donors (Lipinski definition) is 1. The van der Waals surface area contributed by atoms with Gasteiger partial charge in [0, 0.05) is 17.6 Å². The largest absolute Gasteiger partial charge is 0.325 e. The van der Waals surface area contributed by atoms with Gasteiger partial charge in [0.05, 0.1) is 11.1 Å². The summed E-state index contributed by atoms with van der Waals surface area (Å²) in [7, 11) is 1.64. The van der Waals surface area contributed by atoms with E-state index in [0.29, 0.717) is 26.6 Å². The number of nitrogens with one attached hydrogen (secondary N) is 1. The minimum Gasteiger partial charge on any atom is -0.325 e. The summed E-state index contributed by atoms with van der Waals surface area (Å²) in [6.45, 7) is 3.58.